The van der Waals surface area contributed by atoms with E-state index in [1.807, 2.05) is 54.6 Å². The van der Waals surface area contributed by atoms with Crippen LogP contribution in [0.1, 0.15) is 22.7 Å². The van der Waals surface area contributed by atoms with Gasteiger partial charge in [0.25, 0.3) is 0 Å². The van der Waals surface area contributed by atoms with E-state index in [0.29, 0.717) is 5.56 Å². The molecule has 0 aromatic heterocycles. The Hall–Kier alpha value is -3.14. The fourth-order valence-corrected chi connectivity index (χ4v) is 2.83. The van der Waals surface area contributed by atoms with Gasteiger partial charge in [0.15, 0.2) is 0 Å². The smallest absolute Gasteiger partial charge is 0.225 e. The highest BCUT2D eigenvalue weighted by atomic mass is 19.1. The number of carbonyl (C=O) groups is 1. The van der Waals surface area contributed by atoms with Gasteiger partial charge in [0.2, 0.25) is 5.91 Å². The monoisotopic (exact) mass is 349 g/mol. The van der Waals surface area contributed by atoms with Crippen molar-refractivity contribution in [1.82, 2.24) is 5.32 Å². The van der Waals surface area contributed by atoms with E-state index in [4.69, 9.17) is 4.74 Å². The van der Waals surface area contributed by atoms with Gasteiger partial charge in [-0.15, -0.1) is 0 Å². The molecule has 1 N–H and O–H groups in total. The summed E-state index contributed by atoms with van der Waals surface area (Å²) in [6.07, 6.45) is -0.00778. The summed E-state index contributed by atoms with van der Waals surface area (Å²) in [6.45, 7) is 0. The average Bonchev–Trinajstić information content (AvgIpc) is 2.69. The summed E-state index contributed by atoms with van der Waals surface area (Å²) in [7, 11) is 1.61. The highest BCUT2D eigenvalue weighted by Gasteiger charge is 2.18. The minimum atomic E-state index is -0.372. The van der Waals surface area contributed by atoms with Crippen LogP contribution in [0.3, 0.4) is 0 Å². The van der Waals surface area contributed by atoms with Crippen LogP contribution in [-0.2, 0) is 11.2 Å². The van der Waals surface area contributed by atoms with Crippen molar-refractivity contribution < 1.29 is 13.9 Å². The van der Waals surface area contributed by atoms with Gasteiger partial charge in [0.05, 0.1) is 19.6 Å². The molecule has 132 valence electrons. The first-order valence-electron chi connectivity index (χ1n) is 8.39. The van der Waals surface area contributed by atoms with E-state index in [0.717, 1.165) is 16.9 Å². The molecule has 3 nitrogen and oxygen atoms in total. The summed E-state index contributed by atoms with van der Waals surface area (Å²) in [5, 5.41) is 3.02. The lowest BCUT2D eigenvalue weighted by molar-refractivity contribution is -0.121. The molecule has 0 bridgehead atoms. The normalized spacial score (nSPS) is 11.6. The minimum absolute atomic E-state index is 0.00778. The second kappa shape index (κ2) is 8.30. The van der Waals surface area contributed by atoms with Crippen LogP contribution in [0.5, 0.6) is 5.75 Å². The van der Waals surface area contributed by atoms with Gasteiger partial charge in [-0.2, -0.15) is 0 Å². The summed E-state index contributed by atoms with van der Waals surface area (Å²) < 4.78 is 19.0. The molecule has 0 aliphatic heterocycles. The largest absolute Gasteiger partial charge is 0.497 e. The number of carbonyl (C=O) groups excluding carboxylic acids is 1. The molecule has 3 aromatic rings. The number of benzene rings is 3. The predicted octanol–water partition coefficient (Wildman–Crippen LogP) is 4.28. The third kappa shape index (κ3) is 4.28. The average molecular weight is 349 g/mol. The van der Waals surface area contributed by atoms with Crippen LogP contribution in [0.2, 0.25) is 0 Å². The quantitative estimate of drug-likeness (QED) is 0.721. The van der Waals surface area contributed by atoms with E-state index in [9.17, 15) is 9.18 Å². The van der Waals surface area contributed by atoms with Gasteiger partial charge in [-0.3, -0.25) is 4.79 Å². The van der Waals surface area contributed by atoms with E-state index in [1.54, 1.807) is 25.3 Å². The number of hydrogen-bond acceptors (Lipinski definition) is 2. The number of halogens is 1. The molecule has 3 rings (SSSR count). The minimum Gasteiger partial charge on any atom is -0.497 e. The molecule has 0 saturated carbocycles. The van der Waals surface area contributed by atoms with Crippen molar-refractivity contribution in [2.75, 3.05) is 7.11 Å². The van der Waals surface area contributed by atoms with E-state index < -0.39 is 0 Å². The van der Waals surface area contributed by atoms with E-state index in [2.05, 4.69) is 5.32 Å². The molecule has 0 heterocycles. The SMILES string of the molecule is COc1ccc([C@@H](NC(=O)Cc2ccccc2F)c2ccccc2)cc1. The Balaban J connectivity index is 1.83. The maximum absolute atomic E-state index is 13.8. The molecule has 3 aromatic carbocycles. The maximum atomic E-state index is 13.8. The third-order valence-electron chi connectivity index (χ3n) is 4.20. The zero-order valence-electron chi connectivity index (χ0n) is 14.5. The van der Waals surface area contributed by atoms with Gasteiger partial charge in [-0.05, 0) is 34.9 Å². The Labute approximate surface area is 152 Å². The fraction of sp³-hybridized carbons (Fsp3) is 0.136. The first-order valence-corrected chi connectivity index (χ1v) is 8.39. The Morgan fingerprint density at radius 1 is 0.923 bits per heavy atom. The third-order valence-corrected chi connectivity index (χ3v) is 4.20. The molecule has 4 heteroatoms. The molecule has 1 amide bonds. The van der Waals surface area contributed by atoms with Crippen LogP contribution >= 0.6 is 0 Å². The summed E-state index contributed by atoms with van der Waals surface area (Å²) >= 11 is 0. The Morgan fingerprint density at radius 2 is 1.54 bits per heavy atom. The molecule has 0 unspecified atom stereocenters. The number of amides is 1. The molecule has 0 fully saturated rings. The topological polar surface area (TPSA) is 38.3 Å². The van der Waals surface area contributed by atoms with Crippen molar-refractivity contribution in [2.24, 2.45) is 0 Å². The first kappa shape index (κ1) is 17.7. The van der Waals surface area contributed by atoms with Gasteiger partial charge in [-0.25, -0.2) is 4.39 Å². The molecular formula is C22H20FNO2. The van der Waals surface area contributed by atoms with Crippen molar-refractivity contribution in [3.05, 3.63) is 101 Å². The number of methoxy groups -OCH3 is 1. The maximum Gasteiger partial charge on any atom is 0.225 e. The lowest BCUT2D eigenvalue weighted by Crippen LogP contribution is -2.30. The van der Waals surface area contributed by atoms with Crippen molar-refractivity contribution >= 4 is 5.91 Å². The summed E-state index contributed by atoms with van der Waals surface area (Å²) in [5.41, 5.74) is 2.27. The zero-order chi connectivity index (χ0) is 18.4. The number of nitrogens with one attached hydrogen (secondary N) is 1. The first-order chi connectivity index (χ1) is 12.7. The van der Waals surface area contributed by atoms with Crippen molar-refractivity contribution in [2.45, 2.75) is 12.5 Å². The van der Waals surface area contributed by atoms with E-state index in [1.165, 1.54) is 6.07 Å². The molecule has 1 atom stereocenters. The molecular weight excluding hydrogens is 329 g/mol. The van der Waals surface area contributed by atoms with Crippen LogP contribution in [0, 0.1) is 5.82 Å². The van der Waals surface area contributed by atoms with Crippen LogP contribution in [-0.4, -0.2) is 13.0 Å². The molecule has 0 spiro atoms. The van der Waals surface area contributed by atoms with E-state index in [-0.39, 0.29) is 24.2 Å². The highest BCUT2D eigenvalue weighted by Crippen LogP contribution is 2.24. The van der Waals surface area contributed by atoms with Gasteiger partial charge < -0.3 is 10.1 Å². The Kier molecular flexibility index (Phi) is 5.64. The molecule has 0 radical (unpaired) electrons. The van der Waals surface area contributed by atoms with Crippen molar-refractivity contribution in [3.63, 3.8) is 0 Å². The molecule has 0 aliphatic rings. The Morgan fingerprint density at radius 3 is 2.19 bits per heavy atom. The summed E-state index contributed by atoms with van der Waals surface area (Å²) in [4.78, 5) is 12.5. The predicted molar refractivity (Wildman–Crippen MR) is 99.5 cm³/mol. The van der Waals surface area contributed by atoms with Crippen LogP contribution in [0.15, 0.2) is 78.9 Å². The highest BCUT2D eigenvalue weighted by molar-refractivity contribution is 5.79. The van der Waals surface area contributed by atoms with Crippen molar-refractivity contribution in [3.8, 4) is 5.75 Å². The summed E-state index contributed by atoms with van der Waals surface area (Å²) in [6, 6.07) is 23.2. The lowest BCUT2D eigenvalue weighted by atomic mass is 9.98. The molecule has 26 heavy (non-hydrogen) atoms. The number of ether oxygens (including phenoxy) is 1. The van der Waals surface area contributed by atoms with Crippen LogP contribution in [0.4, 0.5) is 4.39 Å². The van der Waals surface area contributed by atoms with Crippen LogP contribution < -0.4 is 10.1 Å². The molecule has 0 saturated heterocycles. The zero-order valence-corrected chi connectivity index (χ0v) is 14.5. The second-order valence-corrected chi connectivity index (χ2v) is 5.95. The molecule has 0 aliphatic carbocycles. The van der Waals surface area contributed by atoms with Crippen molar-refractivity contribution in [1.29, 1.82) is 0 Å². The number of rotatable bonds is 6. The van der Waals surface area contributed by atoms with Gasteiger partial charge in [0.1, 0.15) is 11.6 Å². The van der Waals surface area contributed by atoms with Gasteiger partial charge >= 0.3 is 0 Å². The fourth-order valence-electron chi connectivity index (χ4n) is 2.83. The lowest BCUT2D eigenvalue weighted by Gasteiger charge is -2.20. The van der Waals surface area contributed by atoms with Crippen LogP contribution in [0.25, 0.3) is 0 Å². The Bertz CT molecular complexity index is 863. The van der Waals surface area contributed by atoms with Gasteiger partial charge in [-0.1, -0.05) is 60.7 Å². The number of hydrogen-bond donors (Lipinski definition) is 1. The van der Waals surface area contributed by atoms with E-state index >= 15 is 0 Å². The standard InChI is InChI=1S/C22H20FNO2/c1-26-19-13-11-17(12-14-19)22(16-7-3-2-4-8-16)24-21(25)15-18-9-5-6-10-20(18)23/h2-14,22H,15H2,1H3,(H,24,25)/t22-/m0/s1. The summed E-state index contributed by atoms with van der Waals surface area (Å²) in [5.74, 6) is 0.140. The van der Waals surface area contributed by atoms with Gasteiger partial charge in [0, 0.05) is 0 Å². The second-order valence-electron chi connectivity index (χ2n) is 5.95.